The van der Waals surface area contributed by atoms with Crippen molar-refractivity contribution in [2.24, 2.45) is 5.16 Å². The van der Waals surface area contributed by atoms with Crippen LogP contribution in [-0.2, 0) is 38.1 Å². The lowest BCUT2D eigenvalue weighted by Crippen LogP contribution is -2.71. The van der Waals surface area contributed by atoms with Gasteiger partial charge in [0.15, 0.2) is 10.8 Å². The number of aromatic nitrogens is 1. The highest BCUT2D eigenvalue weighted by atomic mass is 32.2. The summed E-state index contributed by atoms with van der Waals surface area (Å²) >= 11 is 2.39. The zero-order valence-electron chi connectivity index (χ0n) is 26.5. The van der Waals surface area contributed by atoms with Crippen molar-refractivity contribution in [1.29, 1.82) is 0 Å². The molecule has 2 atom stereocenters. The molecule has 0 unspecified atom stereocenters. The molecule has 3 heterocycles. The molecule has 2 aliphatic heterocycles. The Kier molecular flexibility index (Phi) is 10.5. The van der Waals surface area contributed by atoms with Crippen LogP contribution in [0.3, 0.4) is 0 Å². The van der Waals surface area contributed by atoms with E-state index in [1.807, 2.05) is 6.92 Å². The lowest BCUT2D eigenvalue weighted by molar-refractivity contribution is -0.179. The number of esters is 1. The Balaban J connectivity index is 1.88. The van der Waals surface area contributed by atoms with Crippen molar-refractivity contribution < 1.29 is 42.9 Å². The third kappa shape index (κ3) is 8.31. The first kappa shape index (κ1) is 34.9. The number of carbonyl (C=O) groups is 5. The molecule has 1 aromatic heterocycles. The van der Waals surface area contributed by atoms with Crippen molar-refractivity contribution in [2.45, 2.75) is 97.0 Å². The maximum Gasteiger partial charge on any atom is 0.413 e. The number of amides is 3. The number of rotatable bonds is 9. The maximum atomic E-state index is 13.6. The molecule has 14 nitrogen and oxygen atoms in total. The van der Waals surface area contributed by atoms with Crippen molar-refractivity contribution in [3.63, 3.8) is 0 Å². The Bertz CT molecular complexity index is 1390. The molecule has 3 amide bonds. The molecular formula is C27H38BN5O9S2. The summed E-state index contributed by atoms with van der Waals surface area (Å²) in [5, 5.41) is 10.1. The van der Waals surface area contributed by atoms with Crippen LogP contribution in [0.1, 0.15) is 74.4 Å². The van der Waals surface area contributed by atoms with Gasteiger partial charge in [0, 0.05) is 11.1 Å². The molecule has 0 radical (unpaired) electrons. The van der Waals surface area contributed by atoms with Gasteiger partial charge in [-0.25, -0.2) is 19.4 Å². The second kappa shape index (κ2) is 13.2. The van der Waals surface area contributed by atoms with Crippen molar-refractivity contribution in [3.8, 4) is 0 Å². The number of ether oxygens (including phenoxy) is 2. The van der Waals surface area contributed by atoms with Crippen molar-refractivity contribution >= 4 is 71.8 Å². The molecule has 240 valence electrons. The molecule has 0 bridgehead atoms. The lowest BCUT2D eigenvalue weighted by Gasteiger charge is -2.49. The van der Waals surface area contributed by atoms with Crippen LogP contribution in [0.25, 0.3) is 0 Å². The Hall–Kier alpha value is -3.60. The first-order chi connectivity index (χ1) is 20.3. The number of thioether (sulfide) groups is 1. The van der Waals surface area contributed by atoms with Gasteiger partial charge >= 0.3 is 26.1 Å². The minimum absolute atomic E-state index is 0.00175. The van der Waals surface area contributed by atoms with Crippen molar-refractivity contribution in [1.82, 2.24) is 15.2 Å². The standard InChI is InChI=1S/C27H38BN5O9S2/c1-10-13-11-43-20-16(19(35)33(20)17(13)21(36)41-28)30-18(34)15(32-42-27(8,9)22(37)39-25(2,3)4)14-12-44-23(29-14)31-24(38)40-26(5,6)7/h12,16,20H,10-11,28H2,1-9H3,(H,30,34)(H,29,31,38)/b32-15-/t16-,20-/m1/s1. The van der Waals surface area contributed by atoms with Crippen LogP contribution in [0.2, 0.25) is 0 Å². The van der Waals surface area contributed by atoms with Gasteiger partial charge in [-0.15, -0.1) is 23.1 Å². The number of thiazole rings is 1. The van der Waals surface area contributed by atoms with Crippen molar-refractivity contribution in [2.75, 3.05) is 11.1 Å². The van der Waals surface area contributed by atoms with E-state index in [0.717, 1.165) is 16.9 Å². The van der Waals surface area contributed by atoms with Crippen LogP contribution in [0.5, 0.6) is 0 Å². The number of β-lactam (4-membered cyclic amide) rings is 1. The van der Waals surface area contributed by atoms with Gasteiger partial charge in [0.1, 0.15) is 34.0 Å². The van der Waals surface area contributed by atoms with E-state index in [9.17, 15) is 24.0 Å². The first-order valence-corrected chi connectivity index (χ1v) is 15.7. The van der Waals surface area contributed by atoms with E-state index >= 15 is 0 Å². The number of fused-ring (bicyclic) bond motifs is 1. The van der Waals surface area contributed by atoms with Crippen molar-refractivity contribution in [3.05, 3.63) is 22.3 Å². The van der Waals surface area contributed by atoms with Gasteiger partial charge in [-0.2, -0.15) is 0 Å². The SMILES string of the molecule is BOC(=O)C1=C(CC)CS[C@@H]2[C@H](NC(=O)/C(=N\OC(C)(C)C(=O)OC(C)(C)C)c3csc(NC(=O)OC(C)(C)C)n3)C(=O)N12. The summed E-state index contributed by atoms with van der Waals surface area (Å²) in [6.45, 7) is 14.9. The summed E-state index contributed by atoms with van der Waals surface area (Å²) in [4.78, 5) is 75.4. The number of oxime groups is 1. The largest absolute Gasteiger partial charge is 0.539 e. The first-order valence-electron chi connectivity index (χ1n) is 13.8. The Morgan fingerprint density at radius 2 is 1.73 bits per heavy atom. The molecule has 0 aliphatic carbocycles. The average Bonchev–Trinajstić information content (AvgIpc) is 3.35. The Labute approximate surface area is 265 Å². The number of anilines is 1. The van der Waals surface area contributed by atoms with E-state index in [2.05, 4.69) is 20.8 Å². The third-order valence-electron chi connectivity index (χ3n) is 5.96. The zero-order chi connectivity index (χ0) is 33.2. The summed E-state index contributed by atoms with van der Waals surface area (Å²) in [5.41, 5.74) is -2.57. The molecule has 44 heavy (non-hydrogen) atoms. The fourth-order valence-corrected chi connectivity index (χ4v) is 6.01. The number of hydrogen-bond donors (Lipinski definition) is 2. The fraction of sp³-hybridized carbons (Fsp3) is 0.593. The highest BCUT2D eigenvalue weighted by Crippen LogP contribution is 2.41. The highest BCUT2D eigenvalue weighted by molar-refractivity contribution is 8.00. The predicted octanol–water partition coefficient (Wildman–Crippen LogP) is 2.49. The van der Waals surface area contributed by atoms with Crippen LogP contribution in [0.4, 0.5) is 9.93 Å². The molecule has 2 N–H and O–H groups in total. The molecular weight excluding hydrogens is 613 g/mol. The van der Waals surface area contributed by atoms with Crippen LogP contribution < -0.4 is 10.6 Å². The fourth-order valence-electron chi connectivity index (χ4n) is 3.88. The number of carbonyl (C=O) groups excluding carboxylic acids is 5. The molecule has 0 saturated carbocycles. The van der Waals surface area contributed by atoms with Gasteiger partial charge in [-0.1, -0.05) is 12.1 Å². The van der Waals surface area contributed by atoms with Gasteiger partial charge in [0.05, 0.1) is 0 Å². The van der Waals surface area contributed by atoms with Crippen LogP contribution in [0, 0.1) is 0 Å². The van der Waals surface area contributed by atoms with E-state index < -0.39 is 58.1 Å². The molecule has 0 aromatic carbocycles. The molecule has 1 aromatic rings. The van der Waals surface area contributed by atoms with Gasteiger partial charge in [-0.3, -0.25) is 19.8 Å². The number of nitrogens with zero attached hydrogens (tertiary/aromatic N) is 3. The monoisotopic (exact) mass is 651 g/mol. The van der Waals surface area contributed by atoms with E-state index in [-0.39, 0.29) is 22.2 Å². The molecule has 17 heteroatoms. The van der Waals surface area contributed by atoms with E-state index in [1.54, 1.807) is 41.5 Å². The second-order valence-electron chi connectivity index (χ2n) is 12.4. The van der Waals surface area contributed by atoms with Gasteiger partial charge in [0.25, 0.3) is 11.8 Å². The summed E-state index contributed by atoms with van der Waals surface area (Å²) in [6.07, 6.45) is -0.199. The van der Waals surface area contributed by atoms with Crippen LogP contribution in [0.15, 0.2) is 21.8 Å². The highest BCUT2D eigenvalue weighted by Gasteiger charge is 2.54. The zero-order valence-corrected chi connectivity index (χ0v) is 28.1. The van der Waals surface area contributed by atoms with Gasteiger partial charge < -0.3 is 24.3 Å². The number of nitrogens with one attached hydrogen (secondary N) is 2. The minimum Gasteiger partial charge on any atom is -0.539 e. The minimum atomic E-state index is -1.61. The Morgan fingerprint density at radius 1 is 1.09 bits per heavy atom. The van der Waals surface area contributed by atoms with Gasteiger partial charge in [-0.05, 0) is 67.4 Å². The van der Waals surface area contributed by atoms with E-state index in [1.165, 1.54) is 43.9 Å². The summed E-state index contributed by atoms with van der Waals surface area (Å²) in [5.74, 6) is -2.21. The number of hydrogen-bond acceptors (Lipinski definition) is 13. The smallest absolute Gasteiger partial charge is 0.413 e. The summed E-state index contributed by atoms with van der Waals surface area (Å²) in [6, 6.07) is -0.993. The maximum absolute atomic E-state index is 13.6. The molecule has 1 saturated heterocycles. The quantitative estimate of drug-likeness (QED) is 0.132. The second-order valence-corrected chi connectivity index (χ2v) is 14.3. The van der Waals surface area contributed by atoms with E-state index in [0.29, 0.717) is 12.2 Å². The third-order valence-corrected chi connectivity index (χ3v) is 8.06. The van der Waals surface area contributed by atoms with Gasteiger partial charge in [0.2, 0.25) is 5.60 Å². The Morgan fingerprint density at radius 3 is 2.30 bits per heavy atom. The van der Waals surface area contributed by atoms with Crippen LogP contribution >= 0.6 is 23.1 Å². The molecule has 3 rings (SSSR count). The average molecular weight is 652 g/mol. The normalized spacial score (nSPS) is 19.0. The topological polar surface area (TPSA) is 175 Å². The predicted molar refractivity (Wildman–Crippen MR) is 166 cm³/mol. The molecule has 2 aliphatic rings. The molecule has 1 fully saturated rings. The van der Waals surface area contributed by atoms with Crippen LogP contribution in [-0.4, -0.2) is 87.5 Å². The summed E-state index contributed by atoms with van der Waals surface area (Å²) in [7, 11) is 1.24. The summed E-state index contributed by atoms with van der Waals surface area (Å²) < 4.78 is 15.6. The molecule has 0 spiro atoms. The lowest BCUT2D eigenvalue weighted by atomic mass is 10.0. The van der Waals surface area contributed by atoms with E-state index in [4.69, 9.17) is 19.0 Å².